The average molecular weight is 431 g/mol. The smallest absolute Gasteiger partial charge is 0.270 e. The van der Waals surface area contributed by atoms with Gasteiger partial charge in [-0.25, -0.2) is 4.98 Å². The van der Waals surface area contributed by atoms with Gasteiger partial charge in [-0.1, -0.05) is 28.1 Å². The summed E-state index contributed by atoms with van der Waals surface area (Å²) in [6.07, 6.45) is 1.39. The van der Waals surface area contributed by atoms with Gasteiger partial charge >= 0.3 is 0 Å². The molecule has 0 atom stereocenters. The van der Waals surface area contributed by atoms with Gasteiger partial charge in [0.15, 0.2) is 0 Å². The normalized spacial score (nSPS) is 10.4. The number of rotatable bonds is 6. The molecule has 2 aromatic carbocycles. The van der Waals surface area contributed by atoms with Crippen molar-refractivity contribution in [1.29, 1.82) is 0 Å². The number of hydrogen-bond donors (Lipinski definition) is 2. The zero-order valence-electron chi connectivity index (χ0n) is 14.2. The van der Waals surface area contributed by atoms with Crippen LogP contribution in [-0.4, -0.2) is 27.9 Å². The molecular weight excluding hydrogens is 416 g/mol. The van der Waals surface area contributed by atoms with E-state index < -0.39 is 4.92 Å². The lowest BCUT2D eigenvalue weighted by Crippen LogP contribution is -2.23. The third-order valence-corrected chi connectivity index (χ3v) is 4.23. The van der Waals surface area contributed by atoms with Gasteiger partial charge in [0.2, 0.25) is 0 Å². The van der Waals surface area contributed by atoms with Crippen molar-refractivity contribution in [1.82, 2.24) is 15.3 Å². The minimum absolute atomic E-state index is 0.0431. The lowest BCUT2D eigenvalue weighted by atomic mass is 10.2. The summed E-state index contributed by atoms with van der Waals surface area (Å²) in [5.41, 5.74) is 1.62. The summed E-state index contributed by atoms with van der Waals surface area (Å²) in [4.78, 5) is 29.8. The van der Waals surface area contributed by atoms with E-state index in [1.165, 1.54) is 18.3 Å². The van der Waals surface area contributed by atoms with Crippen LogP contribution in [0.2, 0.25) is 0 Å². The van der Waals surface area contributed by atoms with Crippen LogP contribution in [-0.2, 0) is 6.54 Å². The Morgan fingerprint density at radius 3 is 2.89 bits per heavy atom. The first kappa shape index (κ1) is 18.6. The number of nitro benzene ring substituents is 1. The highest BCUT2D eigenvalue weighted by Crippen LogP contribution is 2.22. The number of aromatic nitrogens is 2. The van der Waals surface area contributed by atoms with Crippen LogP contribution in [0.4, 0.5) is 5.69 Å². The molecule has 0 unspecified atom stereocenters. The number of ether oxygens (including phenoxy) is 1. The molecule has 1 amide bonds. The summed E-state index contributed by atoms with van der Waals surface area (Å²) in [7, 11) is 1.57. The molecular formula is C18H15BrN4O4. The number of nitro groups is 1. The Balaban J connectivity index is 1.71. The van der Waals surface area contributed by atoms with E-state index in [1.54, 1.807) is 19.2 Å². The first-order valence-electron chi connectivity index (χ1n) is 7.88. The summed E-state index contributed by atoms with van der Waals surface area (Å²) in [5.74, 6) is 0.731. The zero-order chi connectivity index (χ0) is 19.4. The molecule has 0 aliphatic rings. The Kier molecular flexibility index (Phi) is 5.51. The predicted molar refractivity (Wildman–Crippen MR) is 103 cm³/mol. The Bertz CT molecular complexity index is 1000. The lowest BCUT2D eigenvalue weighted by molar-refractivity contribution is -0.384. The van der Waals surface area contributed by atoms with Crippen molar-refractivity contribution < 1.29 is 14.5 Å². The molecule has 0 radical (unpaired) electrons. The van der Waals surface area contributed by atoms with Crippen molar-refractivity contribution in [2.75, 3.05) is 7.11 Å². The van der Waals surface area contributed by atoms with Crippen molar-refractivity contribution >= 4 is 27.5 Å². The minimum Gasteiger partial charge on any atom is -0.497 e. The van der Waals surface area contributed by atoms with Crippen molar-refractivity contribution in [2.45, 2.75) is 6.54 Å². The third kappa shape index (κ3) is 4.50. The largest absolute Gasteiger partial charge is 0.497 e. The van der Waals surface area contributed by atoms with E-state index in [-0.39, 0.29) is 17.3 Å². The summed E-state index contributed by atoms with van der Waals surface area (Å²) in [6.45, 7) is 0.305. The molecule has 27 heavy (non-hydrogen) atoms. The number of carbonyl (C=O) groups excluding carboxylic acids is 1. The number of non-ortho nitro benzene ring substituents is 1. The number of nitrogens with one attached hydrogen (secondary N) is 2. The first-order chi connectivity index (χ1) is 13.0. The van der Waals surface area contributed by atoms with Crippen molar-refractivity contribution in [3.05, 3.63) is 74.5 Å². The molecule has 0 saturated heterocycles. The standard InChI is InChI=1S/C18H15BrN4O4/c1-27-15-6-11(5-13(19)8-15)9-21-18(24)16-10-20-17(22-16)12-3-2-4-14(7-12)23(25)26/h2-8,10H,9H2,1H3,(H,20,22)(H,21,24). The van der Waals surface area contributed by atoms with Gasteiger partial charge in [0.1, 0.15) is 17.3 Å². The van der Waals surface area contributed by atoms with Crippen molar-refractivity contribution in [2.24, 2.45) is 0 Å². The van der Waals surface area contributed by atoms with E-state index in [4.69, 9.17) is 4.74 Å². The molecule has 0 bridgehead atoms. The number of benzene rings is 2. The van der Waals surface area contributed by atoms with E-state index in [1.807, 2.05) is 18.2 Å². The summed E-state index contributed by atoms with van der Waals surface area (Å²) in [5, 5.41) is 13.7. The maximum Gasteiger partial charge on any atom is 0.270 e. The van der Waals surface area contributed by atoms with E-state index >= 15 is 0 Å². The number of nitrogens with zero attached hydrogens (tertiary/aromatic N) is 2. The first-order valence-corrected chi connectivity index (χ1v) is 8.67. The quantitative estimate of drug-likeness (QED) is 0.457. The Labute approximate surface area is 162 Å². The topological polar surface area (TPSA) is 110 Å². The molecule has 0 spiro atoms. The number of H-pyrrole nitrogens is 1. The van der Waals surface area contributed by atoms with Crippen molar-refractivity contribution in [3.8, 4) is 17.1 Å². The number of halogens is 1. The average Bonchev–Trinajstić information content (AvgIpc) is 3.16. The molecule has 3 rings (SSSR count). The van der Waals surface area contributed by atoms with Gasteiger partial charge in [-0.15, -0.1) is 0 Å². The maximum atomic E-state index is 12.3. The fourth-order valence-electron chi connectivity index (χ4n) is 2.47. The molecule has 2 N–H and O–H groups in total. The molecule has 138 valence electrons. The molecule has 9 heteroatoms. The van der Waals surface area contributed by atoms with Crippen LogP contribution in [0.5, 0.6) is 5.75 Å². The van der Waals surface area contributed by atoms with Crippen LogP contribution in [0.1, 0.15) is 16.1 Å². The van der Waals surface area contributed by atoms with Crippen LogP contribution >= 0.6 is 15.9 Å². The fraction of sp³-hybridized carbons (Fsp3) is 0.111. The zero-order valence-corrected chi connectivity index (χ0v) is 15.8. The highest BCUT2D eigenvalue weighted by Gasteiger charge is 2.13. The Morgan fingerprint density at radius 2 is 2.15 bits per heavy atom. The summed E-state index contributed by atoms with van der Waals surface area (Å²) < 4.78 is 6.05. The van der Waals surface area contributed by atoms with E-state index in [0.29, 0.717) is 23.7 Å². The Morgan fingerprint density at radius 1 is 1.33 bits per heavy atom. The molecule has 1 heterocycles. The van der Waals surface area contributed by atoms with Crippen LogP contribution in [0.3, 0.4) is 0 Å². The van der Waals surface area contributed by atoms with Crippen molar-refractivity contribution in [3.63, 3.8) is 0 Å². The van der Waals surface area contributed by atoms with Gasteiger partial charge in [-0.2, -0.15) is 0 Å². The highest BCUT2D eigenvalue weighted by molar-refractivity contribution is 9.10. The van der Waals surface area contributed by atoms with Crippen LogP contribution < -0.4 is 10.1 Å². The van der Waals surface area contributed by atoms with Crippen LogP contribution in [0, 0.1) is 10.1 Å². The fourth-order valence-corrected chi connectivity index (χ4v) is 2.99. The van der Waals surface area contributed by atoms with Gasteiger partial charge < -0.3 is 15.0 Å². The molecule has 0 aliphatic carbocycles. The monoisotopic (exact) mass is 430 g/mol. The molecule has 3 aromatic rings. The number of imidazole rings is 1. The molecule has 0 saturated carbocycles. The predicted octanol–water partition coefficient (Wildman–Crippen LogP) is 3.69. The maximum absolute atomic E-state index is 12.3. The lowest BCUT2D eigenvalue weighted by Gasteiger charge is -2.07. The Hall–Kier alpha value is -3.20. The molecule has 8 nitrogen and oxygen atoms in total. The number of carbonyl (C=O) groups is 1. The van der Waals surface area contributed by atoms with Gasteiger partial charge in [0.05, 0.1) is 18.2 Å². The van der Waals surface area contributed by atoms with Gasteiger partial charge in [0.25, 0.3) is 11.6 Å². The van der Waals surface area contributed by atoms with Gasteiger partial charge in [0, 0.05) is 28.7 Å². The third-order valence-electron chi connectivity index (χ3n) is 3.77. The van der Waals surface area contributed by atoms with Gasteiger partial charge in [-0.05, 0) is 23.8 Å². The van der Waals surface area contributed by atoms with Crippen LogP contribution in [0.15, 0.2) is 53.1 Å². The number of aromatic amines is 1. The number of hydrogen-bond acceptors (Lipinski definition) is 5. The molecule has 1 aromatic heterocycles. The SMILES string of the molecule is COc1cc(Br)cc(CNC(=O)c2cnc(-c3cccc([N+](=O)[O-])c3)[nH]2)c1. The highest BCUT2D eigenvalue weighted by atomic mass is 79.9. The number of amides is 1. The van der Waals surface area contributed by atoms with E-state index in [0.717, 1.165) is 10.0 Å². The second-order valence-corrected chi connectivity index (χ2v) is 6.55. The summed E-state index contributed by atoms with van der Waals surface area (Å²) >= 11 is 3.39. The summed E-state index contributed by atoms with van der Waals surface area (Å²) in [6, 6.07) is 11.6. The second kappa shape index (κ2) is 8.00. The second-order valence-electron chi connectivity index (χ2n) is 5.63. The van der Waals surface area contributed by atoms with Crippen LogP contribution in [0.25, 0.3) is 11.4 Å². The van der Waals surface area contributed by atoms with Gasteiger partial charge in [-0.3, -0.25) is 14.9 Å². The van der Waals surface area contributed by atoms with E-state index in [9.17, 15) is 14.9 Å². The van der Waals surface area contributed by atoms with E-state index in [2.05, 4.69) is 31.2 Å². The molecule has 0 fully saturated rings. The molecule has 0 aliphatic heterocycles. The number of methoxy groups -OCH3 is 1. The minimum atomic E-state index is -0.480.